The van der Waals surface area contributed by atoms with Crippen molar-refractivity contribution in [2.45, 2.75) is 13.8 Å². The molecule has 1 amide bonds. The predicted molar refractivity (Wildman–Crippen MR) is 79.7 cm³/mol. The first-order chi connectivity index (χ1) is 10.0. The highest BCUT2D eigenvalue weighted by Crippen LogP contribution is 2.21. The molecule has 0 heterocycles. The molecule has 3 nitrogen and oxygen atoms in total. The van der Waals surface area contributed by atoms with Crippen LogP contribution in [0.5, 0.6) is 0 Å². The maximum Gasteiger partial charge on any atom is 0.257 e. The Bertz CT molecular complexity index is 671. The van der Waals surface area contributed by atoms with Gasteiger partial charge in [-0.25, -0.2) is 8.78 Å². The lowest BCUT2D eigenvalue weighted by Gasteiger charge is -2.12. The van der Waals surface area contributed by atoms with Gasteiger partial charge in [-0.15, -0.1) is 0 Å². The number of rotatable bonds is 4. The fourth-order valence-electron chi connectivity index (χ4n) is 1.96. The molecule has 0 aliphatic rings. The maximum absolute atomic E-state index is 13.8. The van der Waals surface area contributed by atoms with Crippen molar-refractivity contribution in [1.29, 1.82) is 0 Å². The van der Waals surface area contributed by atoms with Crippen LogP contribution in [0.15, 0.2) is 36.4 Å². The van der Waals surface area contributed by atoms with Crippen LogP contribution >= 0.6 is 0 Å². The van der Waals surface area contributed by atoms with E-state index in [-0.39, 0.29) is 11.3 Å². The third-order valence-corrected chi connectivity index (χ3v) is 3.04. The Balaban J connectivity index is 2.28. The highest BCUT2D eigenvalue weighted by molar-refractivity contribution is 6.08. The van der Waals surface area contributed by atoms with Gasteiger partial charge in [0, 0.05) is 18.3 Å². The fourth-order valence-corrected chi connectivity index (χ4v) is 1.96. The van der Waals surface area contributed by atoms with Crippen molar-refractivity contribution < 1.29 is 13.6 Å². The van der Waals surface area contributed by atoms with Gasteiger partial charge in [-0.05, 0) is 37.6 Å². The summed E-state index contributed by atoms with van der Waals surface area (Å²) in [6.07, 6.45) is 0. The molecule has 0 unspecified atom stereocenters. The van der Waals surface area contributed by atoms with E-state index in [1.165, 1.54) is 6.92 Å². The van der Waals surface area contributed by atoms with E-state index >= 15 is 0 Å². The molecule has 0 radical (unpaired) electrons. The van der Waals surface area contributed by atoms with Gasteiger partial charge in [0.25, 0.3) is 5.91 Å². The SMILES string of the molecule is CCNc1ccccc1C(=O)Nc1cc(F)c(C)cc1F. The molecule has 5 heteroatoms. The fraction of sp³-hybridized carbons (Fsp3) is 0.188. The molecular formula is C16H16F2N2O. The Morgan fingerprint density at radius 3 is 2.52 bits per heavy atom. The lowest BCUT2D eigenvalue weighted by atomic mass is 10.1. The van der Waals surface area contributed by atoms with Gasteiger partial charge in [-0.1, -0.05) is 12.1 Å². The van der Waals surface area contributed by atoms with Crippen molar-refractivity contribution in [3.05, 3.63) is 59.2 Å². The lowest BCUT2D eigenvalue weighted by molar-refractivity contribution is 0.102. The standard InChI is InChI=1S/C16H16F2N2O/c1-3-19-14-7-5-4-6-11(14)16(21)20-15-9-12(17)10(2)8-13(15)18/h4-9,19H,3H2,1-2H3,(H,20,21). The molecule has 0 aromatic heterocycles. The summed E-state index contributed by atoms with van der Waals surface area (Å²) in [6, 6.07) is 8.92. The number of hydrogen-bond donors (Lipinski definition) is 2. The third-order valence-electron chi connectivity index (χ3n) is 3.04. The summed E-state index contributed by atoms with van der Waals surface area (Å²) in [5.41, 5.74) is 1.04. The average Bonchev–Trinajstić information content (AvgIpc) is 2.45. The quantitative estimate of drug-likeness (QED) is 0.895. The minimum absolute atomic E-state index is 0.172. The number of halogens is 2. The Hall–Kier alpha value is -2.43. The van der Waals surface area contributed by atoms with Crippen LogP contribution in [-0.4, -0.2) is 12.5 Å². The number of nitrogens with one attached hydrogen (secondary N) is 2. The summed E-state index contributed by atoms with van der Waals surface area (Å²) < 4.78 is 27.2. The van der Waals surface area contributed by atoms with E-state index in [4.69, 9.17) is 0 Å². The number of aryl methyl sites for hydroxylation is 1. The second kappa shape index (κ2) is 6.35. The summed E-state index contributed by atoms with van der Waals surface area (Å²) in [7, 11) is 0. The second-order valence-corrected chi connectivity index (χ2v) is 4.61. The van der Waals surface area contributed by atoms with E-state index in [0.717, 1.165) is 12.1 Å². The molecular weight excluding hydrogens is 274 g/mol. The van der Waals surface area contributed by atoms with Crippen molar-refractivity contribution in [2.75, 3.05) is 17.2 Å². The van der Waals surface area contributed by atoms with Crippen LogP contribution in [-0.2, 0) is 0 Å². The van der Waals surface area contributed by atoms with Crippen LogP contribution in [0.2, 0.25) is 0 Å². The Morgan fingerprint density at radius 1 is 1.10 bits per heavy atom. The van der Waals surface area contributed by atoms with Gasteiger partial charge in [0.1, 0.15) is 11.6 Å². The molecule has 0 saturated heterocycles. The normalized spacial score (nSPS) is 10.3. The number of para-hydroxylation sites is 1. The van der Waals surface area contributed by atoms with Crippen molar-refractivity contribution in [3.63, 3.8) is 0 Å². The third kappa shape index (κ3) is 3.37. The largest absolute Gasteiger partial charge is 0.385 e. The second-order valence-electron chi connectivity index (χ2n) is 4.61. The summed E-state index contributed by atoms with van der Waals surface area (Å²) in [6.45, 7) is 4.02. The highest BCUT2D eigenvalue weighted by Gasteiger charge is 2.14. The minimum Gasteiger partial charge on any atom is -0.385 e. The summed E-state index contributed by atoms with van der Waals surface area (Å²) >= 11 is 0. The summed E-state index contributed by atoms with van der Waals surface area (Å²) in [4.78, 5) is 12.2. The topological polar surface area (TPSA) is 41.1 Å². The highest BCUT2D eigenvalue weighted by atomic mass is 19.1. The van der Waals surface area contributed by atoms with Crippen LogP contribution in [0.3, 0.4) is 0 Å². The zero-order valence-electron chi connectivity index (χ0n) is 11.8. The van der Waals surface area contributed by atoms with Gasteiger partial charge in [0.05, 0.1) is 11.3 Å². The number of benzene rings is 2. The number of anilines is 2. The van der Waals surface area contributed by atoms with Gasteiger partial charge in [-0.2, -0.15) is 0 Å². The molecule has 0 fully saturated rings. The van der Waals surface area contributed by atoms with Crippen LogP contribution in [0.25, 0.3) is 0 Å². The molecule has 0 saturated carbocycles. The first kappa shape index (κ1) is 15.0. The van der Waals surface area contributed by atoms with E-state index in [0.29, 0.717) is 17.8 Å². The molecule has 2 aromatic carbocycles. The Labute approximate surface area is 122 Å². The van der Waals surface area contributed by atoms with E-state index in [2.05, 4.69) is 10.6 Å². The molecule has 2 aromatic rings. The molecule has 0 bridgehead atoms. The van der Waals surface area contributed by atoms with Crippen LogP contribution in [0.4, 0.5) is 20.2 Å². The van der Waals surface area contributed by atoms with E-state index < -0.39 is 17.5 Å². The van der Waals surface area contributed by atoms with E-state index in [1.807, 2.05) is 6.92 Å². The van der Waals surface area contributed by atoms with Crippen LogP contribution < -0.4 is 10.6 Å². The van der Waals surface area contributed by atoms with Crippen molar-refractivity contribution in [1.82, 2.24) is 0 Å². The smallest absolute Gasteiger partial charge is 0.257 e. The number of amides is 1. The molecule has 0 atom stereocenters. The van der Waals surface area contributed by atoms with Gasteiger partial charge < -0.3 is 10.6 Å². The van der Waals surface area contributed by atoms with Crippen LogP contribution in [0.1, 0.15) is 22.8 Å². The zero-order chi connectivity index (χ0) is 15.4. The average molecular weight is 290 g/mol. The van der Waals surface area contributed by atoms with E-state index in [1.54, 1.807) is 24.3 Å². The monoisotopic (exact) mass is 290 g/mol. The number of carbonyl (C=O) groups excluding carboxylic acids is 1. The first-order valence-electron chi connectivity index (χ1n) is 6.62. The summed E-state index contributed by atoms with van der Waals surface area (Å²) in [5, 5.41) is 5.45. The van der Waals surface area contributed by atoms with Crippen molar-refractivity contribution in [2.24, 2.45) is 0 Å². The minimum atomic E-state index is -0.664. The van der Waals surface area contributed by atoms with Gasteiger partial charge >= 0.3 is 0 Å². The van der Waals surface area contributed by atoms with Gasteiger partial charge in [0.2, 0.25) is 0 Å². The molecule has 0 aliphatic carbocycles. The Morgan fingerprint density at radius 2 is 1.81 bits per heavy atom. The summed E-state index contributed by atoms with van der Waals surface area (Å²) in [5.74, 6) is -1.72. The first-order valence-corrected chi connectivity index (χ1v) is 6.62. The van der Waals surface area contributed by atoms with Gasteiger partial charge in [0.15, 0.2) is 0 Å². The zero-order valence-corrected chi connectivity index (χ0v) is 11.8. The molecule has 0 spiro atoms. The molecule has 2 N–H and O–H groups in total. The molecule has 0 aliphatic heterocycles. The molecule has 110 valence electrons. The Kier molecular flexibility index (Phi) is 4.52. The van der Waals surface area contributed by atoms with Crippen LogP contribution in [0, 0.1) is 18.6 Å². The van der Waals surface area contributed by atoms with Gasteiger partial charge in [-0.3, -0.25) is 4.79 Å². The maximum atomic E-state index is 13.8. The molecule has 2 rings (SSSR count). The van der Waals surface area contributed by atoms with Crippen molar-refractivity contribution in [3.8, 4) is 0 Å². The number of hydrogen-bond acceptors (Lipinski definition) is 2. The van der Waals surface area contributed by atoms with Crippen molar-refractivity contribution >= 4 is 17.3 Å². The lowest BCUT2D eigenvalue weighted by Crippen LogP contribution is -2.16. The number of carbonyl (C=O) groups is 1. The van der Waals surface area contributed by atoms with E-state index in [9.17, 15) is 13.6 Å². The predicted octanol–water partition coefficient (Wildman–Crippen LogP) is 3.96. The molecule has 21 heavy (non-hydrogen) atoms.